The summed E-state index contributed by atoms with van der Waals surface area (Å²) < 4.78 is 0. The van der Waals surface area contributed by atoms with Gasteiger partial charge in [-0.25, -0.2) is 0 Å². The van der Waals surface area contributed by atoms with Crippen LogP contribution in [0.1, 0.15) is 34.5 Å². The van der Waals surface area contributed by atoms with Crippen molar-refractivity contribution in [2.75, 3.05) is 20.1 Å². The highest BCUT2D eigenvalue weighted by molar-refractivity contribution is 5.95. The zero-order valence-corrected chi connectivity index (χ0v) is 15.9. The number of aromatic nitrogens is 1. The zero-order chi connectivity index (χ0) is 19.0. The van der Waals surface area contributed by atoms with Gasteiger partial charge in [0.1, 0.15) is 0 Å². The molecule has 2 aliphatic rings. The maximum atomic E-state index is 12.9. The molecule has 0 N–H and O–H groups in total. The first-order chi connectivity index (χ1) is 13.0. The molecule has 1 aliphatic heterocycles. The molecule has 1 saturated heterocycles. The first-order valence-corrected chi connectivity index (χ1v) is 9.49. The molecular formula is C22H25N3O2. The number of nitrogens with zero attached hydrogens (tertiary/aromatic N) is 3. The summed E-state index contributed by atoms with van der Waals surface area (Å²) >= 11 is 0. The predicted octanol–water partition coefficient (Wildman–Crippen LogP) is 2.90. The Balaban J connectivity index is 1.38. The fourth-order valence-electron chi connectivity index (χ4n) is 4.26. The molecule has 2 amide bonds. The van der Waals surface area contributed by atoms with Crippen LogP contribution in [-0.2, 0) is 11.3 Å². The third kappa shape index (κ3) is 3.46. The number of pyridine rings is 1. The number of benzene rings is 1. The standard InChI is InChI=1S/C22H25N3O2/c1-16-6-5-7-17(12-16)20(26)25-11-9-22(15-25)13-19(22)21(27)24(2)14-18-8-3-4-10-23-18/h3-8,10,12,19H,9,11,13-15H2,1-2H3/t19-,22-/m1/s1. The van der Waals surface area contributed by atoms with Crippen molar-refractivity contribution in [3.8, 4) is 0 Å². The van der Waals surface area contributed by atoms with Crippen LogP contribution >= 0.6 is 0 Å². The van der Waals surface area contributed by atoms with E-state index >= 15 is 0 Å². The third-order valence-electron chi connectivity index (χ3n) is 5.93. The van der Waals surface area contributed by atoms with E-state index in [1.807, 2.05) is 61.3 Å². The molecule has 27 heavy (non-hydrogen) atoms. The number of rotatable bonds is 4. The minimum atomic E-state index is -0.0189. The number of aryl methyl sites for hydroxylation is 1. The highest BCUT2D eigenvalue weighted by Crippen LogP contribution is 2.59. The summed E-state index contributed by atoms with van der Waals surface area (Å²) in [4.78, 5) is 33.6. The lowest BCUT2D eigenvalue weighted by Gasteiger charge is -2.19. The van der Waals surface area contributed by atoms with Crippen molar-refractivity contribution in [3.63, 3.8) is 0 Å². The van der Waals surface area contributed by atoms with Crippen LogP contribution in [0.3, 0.4) is 0 Å². The Hall–Kier alpha value is -2.69. The summed E-state index contributed by atoms with van der Waals surface area (Å²) in [6.45, 7) is 3.95. The van der Waals surface area contributed by atoms with Crippen LogP contribution < -0.4 is 0 Å². The van der Waals surface area contributed by atoms with Crippen molar-refractivity contribution < 1.29 is 9.59 Å². The van der Waals surface area contributed by atoms with Gasteiger partial charge in [0.15, 0.2) is 0 Å². The highest BCUT2D eigenvalue weighted by Gasteiger charge is 2.61. The van der Waals surface area contributed by atoms with E-state index in [0.29, 0.717) is 13.1 Å². The van der Waals surface area contributed by atoms with Crippen molar-refractivity contribution >= 4 is 11.8 Å². The fourth-order valence-corrected chi connectivity index (χ4v) is 4.26. The molecule has 140 valence electrons. The Morgan fingerprint density at radius 2 is 2.11 bits per heavy atom. The summed E-state index contributed by atoms with van der Waals surface area (Å²) in [6.07, 6.45) is 3.55. The number of hydrogen-bond acceptors (Lipinski definition) is 3. The molecular weight excluding hydrogens is 338 g/mol. The summed E-state index contributed by atoms with van der Waals surface area (Å²) in [5.41, 5.74) is 2.70. The van der Waals surface area contributed by atoms with Crippen molar-refractivity contribution in [3.05, 3.63) is 65.5 Å². The molecule has 2 fully saturated rings. The van der Waals surface area contributed by atoms with E-state index in [9.17, 15) is 9.59 Å². The minimum Gasteiger partial charge on any atom is -0.340 e. The Bertz CT molecular complexity index is 867. The largest absolute Gasteiger partial charge is 0.340 e. The van der Waals surface area contributed by atoms with Crippen LogP contribution in [0.15, 0.2) is 48.7 Å². The van der Waals surface area contributed by atoms with Gasteiger partial charge in [0.05, 0.1) is 12.2 Å². The number of carbonyl (C=O) groups is 2. The summed E-state index contributed by atoms with van der Waals surface area (Å²) in [6, 6.07) is 13.5. The van der Waals surface area contributed by atoms with Gasteiger partial charge >= 0.3 is 0 Å². The normalized spacial score (nSPS) is 23.5. The SMILES string of the molecule is Cc1cccc(C(=O)N2CC[C@@]3(C[C@@H]3C(=O)N(C)Cc3ccccn3)C2)c1. The first kappa shape index (κ1) is 17.7. The maximum Gasteiger partial charge on any atom is 0.253 e. The molecule has 1 aliphatic carbocycles. The van der Waals surface area contributed by atoms with Crippen LogP contribution in [0, 0.1) is 18.3 Å². The molecule has 2 heterocycles. The Kier molecular flexibility index (Phi) is 4.46. The van der Waals surface area contributed by atoms with Crippen molar-refractivity contribution in [1.29, 1.82) is 0 Å². The second-order valence-corrected chi connectivity index (χ2v) is 7.98. The van der Waals surface area contributed by atoms with Crippen LogP contribution in [0.25, 0.3) is 0 Å². The van der Waals surface area contributed by atoms with Crippen LogP contribution in [-0.4, -0.2) is 46.7 Å². The average molecular weight is 363 g/mol. The molecule has 4 rings (SSSR count). The molecule has 1 spiro atoms. The second kappa shape index (κ2) is 6.80. The molecule has 0 radical (unpaired) electrons. The number of likely N-dealkylation sites (tertiary alicyclic amines) is 1. The Labute approximate surface area is 160 Å². The maximum absolute atomic E-state index is 12.9. The van der Waals surface area contributed by atoms with E-state index < -0.39 is 0 Å². The topological polar surface area (TPSA) is 53.5 Å². The van der Waals surface area contributed by atoms with Gasteiger partial charge in [-0.2, -0.15) is 0 Å². The molecule has 0 unspecified atom stereocenters. The molecule has 2 aromatic rings. The molecule has 0 bridgehead atoms. The van der Waals surface area contributed by atoms with Crippen molar-refractivity contribution in [2.45, 2.75) is 26.3 Å². The Morgan fingerprint density at radius 1 is 1.26 bits per heavy atom. The molecule has 5 nitrogen and oxygen atoms in total. The van der Waals surface area contributed by atoms with E-state index in [1.54, 1.807) is 11.1 Å². The van der Waals surface area contributed by atoms with E-state index in [2.05, 4.69) is 4.98 Å². The van der Waals surface area contributed by atoms with Crippen LogP contribution in [0.2, 0.25) is 0 Å². The van der Waals surface area contributed by atoms with Crippen molar-refractivity contribution in [1.82, 2.24) is 14.8 Å². The average Bonchev–Trinajstić information content (AvgIpc) is 3.20. The summed E-state index contributed by atoms with van der Waals surface area (Å²) in [7, 11) is 1.84. The molecule has 2 atom stereocenters. The van der Waals surface area contributed by atoms with Gasteiger partial charge in [0, 0.05) is 43.2 Å². The van der Waals surface area contributed by atoms with Gasteiger partial charge in [0.25, 0.3) is 5.91 Å². The lowest BCUT2D eigenvalue weighted by molar-refractivity contribution is -0.132. The lowest BCUT2D eigenvalue weighted by Crippen LogP contribution is -2.32. The quantitative estimate of drug-likeness (QED) is 0.839. The molecule has 1 aromatic heterocycles. The van der Waals surface area contributed by atoms with Crippen LogP contribution in [0.4, 0.5) is 0 Å². The zero-order valence-electron chi connectivity index (χ0n) is 15.9. The van der Waals surface area contributed by atoms with Gasteiger partial charge in [-0.15, -0.1) is 0 Å². The first-order valence-electron chi connectivity index (χ1n) is 9.49. The highest BCUT2D eigenvalue weighted by atomic mass is 16.2. The molecule has 1 aromatic carbocycles. The molecule has 5 heteroatoms. The van der Waals surface area contributed by atoms with E-state index in [0.717, 1.165) is 36.2 Å². The van der Waals surface area contributed by atoms with E-state index in [4.69, 9.17) is 0 Å². The monoisotopic (exact) mass is 363 g/mol. The smallest absolute Gasteiger partial charge is 0.253 e. The van der Waals surface area contributed by atoms with E-state index in [-0.39, 0.29) is 23.1 Å². The van der Waals surface area contributed by atoms with E-state index in [1.165, 1.54) is 0 Å². The third-order valence-corrected chi connectivity index (χ3v) is 5.93. The predicted molar refractivity (Wildman–Crippen MR) is 103 cm³/mol. The number of carbonyl (C=O) groups excluding carboxylic acids is 2. The minimum absolute atomic E-state index is 0.0189. The van der Waals surface area contributed by atoms with Crippen LogP contribution in [0.5, 0.6) is 0 Å². The van der Waals surface area contributed by atoms with Gasteiger partial charge in [0.2, 0.25) is 5.91 Å². The summed E-state index contributed by atoms with van der Waals surface area (Å²) in [5.74, 6) is 0.280. The lowest BCUT2D eigenvalue weighted by atomic mass is 10.0. The van der Waals surface area contributed by atoms with Gasteiger partial charge < -0.3 is 9.80 Å². The number of hydrogen-bond donors (Lipinski definition) is 0. The van der Waals surface area contributed by atoms with Gasteiger partial charge in [-0.1, -0.05) is 23.8 Å². The second-order valence-electron chi connectivity index (χ2n) is 7.98. The summed E-state index contributed by atoms with van der Waals surface area (Å²) in [5, 5.41) is 0. The molecule has 1 saturated carbocycles. The number of amides is 2. The van der Waals surface area contributed by atoms with Gasteiger partial charge in [-0.3, -0.25) is 14.6 Å². The van der Waals surface area contributed by atoms with Gasteiger partial charge in [-0.05, 0) is 44.0 Å². The Morgan fingerprint density at radius 3 is 2.85 bits per heavy atom. The fraction of sp³-hybridized carbons (Fsp3) is 0.409. The van der Waals surface area contributed by atoms with Crippen molar-refractivity contribution in [2.24, 2.45) is 11.3 Å².